The highest BCUT2D eigenvalue weighted by Crippen LogP contribution is 2.27. The molecule has 0 saturated heterocycles. The molecule has 4 N–H and O–H groups in total. The largest absolute Gasteiger partial charge is 0.508 e. The zero-order chi connectivity index (χ0) is 20.8. The van der Waals surface area contributed by atoms with Crippen LogP contribution >= 0.6 is 11.6 Å². The maximum absolute atomic E-state index is 12.3. The highest BCUT2D eigenvalue weighted by atomic mass is 35.5. The molecule has 1 atom stereocenters. The van der Waals surface area contributed by atoms with Crippen molar-refractivity contribution in [3.63, 3.8) is 0 Å². The van der Waals surface area contributed by atoms with Crippen LogP contribution in [-0.2, 0) is 9.59 Å². The van der Waals surface area contributed by atoms with Crippen LogP contribution in [0, 0.1) is 0 Å². The van der Waals surface area contributed by atoms with E-state index in [1.54, 1.807) is 30.3 Å². The SMILES string of the molecule is COc1ccc(Cl)cc1NC(=O)C[C@@H]1N=C(N/N=C\c2ccc(O)cc2)NC1=O. The first-order chi connectivity index (χ1) is 13.9. The van der Waals surface area contributed by atoms with Crippen LogP contribution in [0.1, 0.15) is 12.0 Å². The quantitative estimate of drug-likeness (QED) is 0.423. The molecule has 0 bridgehead atoms. The number of ether oxygens (including phenoxy) is 1. The molecule has 1 heterocycles. The third-order valence-corrected chi connectivity index (χ3v) is 4.16. The lowest BCUT2D eigenvalue weighted by atomic mass is 10.2. The van der Waals surface area contributed by atoms with Crippen LogP contribution < -0.4 is 20.8 Å². The molecule has 2 aromatic carbocycles. The maximum Gasteiger partial charge on any atom is 0.252 e. The van der Waals surface area contributed by atoms with E-state index in [0.717, 1.165) is 5.56 Å². The van der Waals surface area contributed by atoms with E-state index in [4.69, 9.17) is 16.3 Å². The van der Waals surface area contributed by atoms with Crippen LogP contribution in [0.3, 0.4) is 0 Å². The number of hydrogen-bond donors (Lipinski definition) is 4. The van der Waals surface area contributed by atoms with Crippen molar-refractivity contribution < 1.29 is 19.4 Å². The second-order valence-electron chi connectivity index (χ2n) is 6.04. The average molecular weight is 416 g/mol. The van der Waals surface area contributed by atoms with Gasteiger partial charge in [0, 0.05) is 5.02 Å². The van der Waals surface area contributed by atoms with Crippen LogP contribution in [-0.4, -0.2) is 42.2 Å². The molecule has 150 valence electrons. The molecule has 0 radical (unpaired) electrons. The highest BCUT2D eigenvalue weighted by molar-refractivity contribution is 6.31. The Hall–Kier alpha value is -3.59. The van der Waals surface area contributed by atoms with Gasteiger partial charge in [0.2, 0.25) is 11.9 Å². The molecule has 3 rings (SSSR count). The second kappa shape index (κ2) is 9.07. The molecule has 0 spiro atoms. The number of hydrogen-bond acceptors (Lipinski definition) is 7. The number of rotatable bonds is 6. The molecule has 0 saturated carbocycles. The number of nitrogens with one attached hydrogen (secondary N) is 3. The number of halogens is 1. The summed E-state index contributed by atoms with van der Waals surface area (Å²) in [4.78, 5) is 28.5. The Balaban J connectivity index is 1.57. The molecule has 0 fully saturated rings. The number of carbonyl (C=O) groups excluding carboxylic acids is 2. The van der Waals surface area contributed by atoms with E-state index >= 15 is 0 Å². The fourth-order valence-corrected chi connectivity index (χ4v) is 2.70. The molecule has 1 aliphatic heterocycles. The Kier molecular flexibility index (Phi) is 6.30. The third-order valence-electron chi connectivity index (χ3n) is 3.92. The van der Waals surface area contributed by atoms with Gasteiger partial charge in [-0.1, -0.05) is 11.6 Å². The van der Waals surface area contributed by atoms with Gasteiger partial charge >= 0.3 is 0 Å². The molecule has 2 aromatic rings. The summed E-state index contributed by atoms with van der Waals surface area (Å²) >= 11 is 5.94. The van der Waals surface area contributed by atoms with Gasteiger partial charge in [-0.25, -0.2) is 10.4 Å². The van der Waals surface area contributed by atoms with Gasteiger partial charge < -0.3 is 15.2 Å². The fourth-order valence-electron chi connectivity index (χ4n) is 2.52. The van der Waals surface area contributed by atoms with Crippen molar-refractivity contribution in [1.29, 1.82) is 0 Å². The number of aliphatic imine (C=N–C) groups is 1. The Bertz CT molecular complexity index is 975. The van der Waals surface area contributed by atoms with Gasteiger partial charge in [0.1, 0.15) is 17.5 Å². The number of aromatic hydroxyl groups is 1. The zero-order valence-corrected chi connectivity index (χ0v) is 16.1. The molecule has 0 aromatic heterocycles. The summed E-state index contributed by atoms with van der Waals surface area (Å²) in [6.45, 7) is 0. The molecule has 9 nitrogen and oxygen atoms in total. The van der Waals surface area contributed by atoms with Gasteiger partial charge in [-0.2, -0.15) is 5.10 Å². The highest BCUT2D eigenvalue weighted by Gasteiger charge is 2.28. The van der Waals surface area contributed by atoms with E-state index in [2.05, 4.69) is 26.2 Å². The molecule has 1 aliphatic rings. The molecule has 10 heteroatoms. The van der Waals surface area contributed by atoms with Crippen LogP contribution in [0.25, 0.3) is 0 Å². The lowest BCUT2D eigenvalue weighted by Crippen LogP contribution is -2.35. The number of phenols is 1. The fraction of sp³-hybridized carbons (Fsp3) is 0.158. The number of benzene rings is 2. The number of hydrazone groups is 1. The molecule has 0 aliphatic carbocycles. The zero-order valence-electron chi connectivity index (χ0n) is 15.3. The number of amides is 2. The minimum Gasteiger partial charge on any atom is -0.508 e. The third kappa shape index (κ3) is 5.45. The number of methoxy groups -OCH3 is 1. The summed E-state index contributed by atoms with van der Waals surface area (Å²) in [5.74, 6) is -0.0841. The molecule has 0 unspecified atom stereocenters. The van der Waals surface area contributed by atoms with Gasteiger partial charge in [-0.05, 0) is 48.0 Å². The Morgan fingerprint density at radius 3 is 2.83 bits per heavy atom. The van der Waals surface area contributed by atoms with Crippen LogP contribution in [0.2, 0.25) is 5.02 Å². The topological polar surface area (TPSA) is 124 Å². The van der Waals surface area contributed by atoms with E-state index in [-0.39, 0.29) is 18.1 Å². The Morgan fingerprint density at radius 2 is 2.10 bits per heavy atom. The standard InChI is InChI=1S/C19H18ClN5O4/c1-29-16-7-4-12(20)8-14(16)22-17(27)9-15-18(28)24-19(23-15)25-21-10-11-2-5-13(26)6-3-11/h2-8,10,15,26H,9H2,1H3,(H,22,27)(H2,23,24,25,28)/b21-10-/t15-/m0/s1. The summed E-state index contributed by atoms with van der Waals surface area (Å²) < 4.78 is 5.18. The first kappa shape index (κ1) is 20.2. The second-order valence-corrected chi connectivity index (χ2v) is 6.48. The lowest BCUT2D eigenvalue weighted by molar-refractivity contribution is -0.123. The van der Waals surface area contributed by atoms with Gasteiger partial charge in [0.25, 0.3) is 5.91 Å². The van der Waals surface area contributed by atoms with Gasteiger partial charge in [0.15, 0.2) is 0 Å². The van der Waals surface area contributed by atoms with Crippen molar-refractivity contribution in [1.82, 2.24) is 10.7 Å². The number of guanidine groups is 1. The van der Waals surface area contributed by atoms with Crippen molar-refractivity contribution in [3.05, 3.63) is 53.1 Å². The van der Waals surface area contributed by atoms with Gasteiger partial charge in [-0.3, -0.25) is 14.9 Å². The molecule has 29 heavy (non-hydrogen) atoms. The van der Waals surface area contributed by atoms with Crippen molar-refractivity contribution >= 4 is 41.3 Å². The summed E-state index contributed by atoms with van der Waals surface area (Å²) in [6, 6.07) is 10.3. The molecular weight excluding hydrogens is 398 g/mol. The van der Waals surface area contributed by atoms with Gasteiger partial charge in [-0.15, -0.1) is 0 Å². The van der Waals surface area contributed by atoms with Crippen LogP contribution in [0.4, 0.5) is 5.69 Å². The van der Waals surface area contributed by atoms with Crippen LogP contribution in [0.5, 0.6) is 11.5 Å². The van der Waals surface area contributed by atoms with E-state index in [1.165, 1.54) is 25.5 Å². The molecular formula is C19H18ClN5O4. The minimum absolute atomic E-state index is 0.142. The van der Waals surface area contributed by atoms with E-state index < -0.39 is 17.9 Å². The Morgan fingerprint density at radius 1 is 1.34 bits per heavy atom. The van der Waals surface area contributed by atoms with E-state index in [1.807, 2.05) is 0 Å². The number of carbonyl (C=O) groups is 2. The van der Waals surface area contributed by atoms with Crippen molar-refractivity contribution in [2.45, 2.75) is 12.5 Å². The molecule has 2 amide bonds. The normalized spacial score (nSPS) is 15.7. The average Bonchev–Trinajstić information content (AvgIpc) is 3.02. The first-order valence-corrected chi connectivity index (χ1v) is 8.92. The minimum atomic E-state index is -0.883. The first-order valence-electron chi connectivity index (χ1n) is 8.55. The summed E-state index contributed by atoms with van der Waals surface area (Å²) in [6.07, 6.45) is 1.34. The number of nitrogens with zero attached hydrogens (tertiary/aromatic N) is 2. The number of anilines is 1. The lowest BCUT2D eigenvalue weighted by Gasteiger charge is -2.11. The Labute approximate surface area is 171 Å². The summed E-state index contributed by atoms with van der Waals surface area (Å²) in [7, 11) is 1.48. The van der Waals surface area contributed by atoms with Gasteiger partial charge in [0.05, 0.1) is 25.4 Å². The van der Waals surface area contributed by atoms with Crippen molar-refractivity contribution in [2.24, 2.45) is 10.1 Å². The number of phenolic OH excluding ortho intramolecular Hbond substituents is 1. The van der Waals surface area contributed by atoms with Crippen molar-refractivity contribution in [2.75, 3.05) is 12.4 Å². The van der Waals surface area contributed by atoms with Crippen molar-refractivity contribution in [3.8, 4) is 11.5 Å². The van der Waals surface area contributed by atoms with E-state index in [0.29, 0.717) is 16.5 Å². The van der Waals surface area contributed by atoms with Crippen LogP contribution in [0.15, 0.2) is 52.6 Å². The predicted molar refractivity (Wildman–Crippen MR) is 109 cm³/mol. The summed E-state index contributed by atoms with van der Waals surface area (Å²) in [5.41, 5.74) is 3.76. The smallest absolute Gasteiger partial charge is 0.252 e. The monoisotopic (exact) mass is 415 g/mol. The summed E-state index contributed by atoms with van der Waals surface area (Å²) in [5, 5.41) is 18.8. The predicted octanol–water partition coefficient (Wildman–Crippen LogP) is 1.86. The van der Waals surface area contributed by atoms with E-state index in [9.17, 15) is 14.7 Å². The maximum atomic E-state index is 12.3.